The molecule has 11 heavy (non-hydrogen) atoms. The first-order valence-electron chi connectivity index (χ1n) is 3.59. The lowest BCUT2D eigenvalue weighted by Crippen LogP contribution is -2.06. The van der Waals surface area contributed by atoms with Crippen LogP contribution in [0.25, 0.3) is 0 Å². The van der Waals surface area contributed by atoms with Crippen molar-refractivity contribution in [3.05, 3.63) is 35.9 Å². The molecule has 60 valence electrons. The fourth-order valence-electron chi connectivity index (χ4n) is 0.915. The molecule has 1 rings (SSSR count). The summed E-state index contributed by atoms with van der Waals surface area (Å²) in [7, 11) is 0. The highest BCUT2D eigenvalue weighted by Gasteiger charge is 2.11. The van der Waals surface area contributed by atoms with Gasteiger partial charge in [-0.25, -0.2) is 0 Å². The van der Waals surface area contributed by atoms with Gasteiger partial charge in [-0.2, -0.15) is 0 Å². The molecular weight excluding hydrogens is 204 g/mol. The topological polar surface area (TPSA) is 20.2 Å². The highest BCUT2D eigenvalue weighted by atomic mass is 79.9. The Morgan fingerprint density at radius 3 is 2.27 bits per heavy atom. The number of halogens is 1. The van der Waals surface area contributed by atoms with Crippen molar-refractivity contribution in [2.24, 2.45) is 0 Å². The first-order valence-corrected chi connectivity index (χ1v) is 4.50. The lowest BCUT2D eigenvalue weighted by Gasteiger charge is -2.12. The number of aliphatic hydroxyl groups is 1. The van der Waals surface area contributed by atoms with Crippen LogP contribution in [-0.4, -0.2) is 9.93 Å². The van der Waals surface area contributed by atoms with Crippen LogP contribution < -0.4 is 0 Å². The van der Waals surface area contributed by atoms with Gasteiger partial charge in [-0.1, -0.05) is 46.3 Å². The van der Waals surface area contributed by atoms with Crippen molar-refractivity contribution < 1.29 is 5.11 Å². The Labute approximate surface area is 75.2 Å². The maximum Gasteiger partial charge on any atom is 0.0912 e. The van der Waals surface area contributed by atoms with Crippen LogP contribution in [0, 0.1) is 0 Å². The van der Waals surface area contributed by atoms with Gasteiger partial charge in [-0.3, -0.25) is 0 Å². The molecule has 0 amide bonds. The molecule has 0 saturated heterocycles. The van der Waals surface area contributed by atoms with Gasteiger partial charge in [0.25, 0.3) is 0 Å². The predicted octanol–water partition coefficient (Wildman–Crippen LogP) is 2.50. The number of aliphatic hydroxyl groups excluding tert-OH is 1. The monoisotopic (exact) mass is 214 g/mol. The fraction of sp³-hybridized carbons (Fsp3) is 0.333. The molecule has 1 unspecified atom stereocenters. The molecule has 0 aliphatic heterocycles. The van der Waals surface area contributed by atoms with E-state index in [4.69, 9.17) is 0 Å². The smallest absolute Gasteiger partial charge is 0.0912 e. The second-order valence-corrected chi connectivity index (χ2v) is 3.98. The Bertz CT molecular complexity index is 208. The molecule has 2 heteroatoms. The SMILES string of the molecule is CC(Br)[C@@H](O)c1ccccc1. The molecule has 1 nitrogen and oxygen atoms in total. The predicted molar refractivity (Wildman–Crippen MR) is 49.8 cm³/mol. The van der Waals surface area contributed by atoms with Crippen molar-refractivity contribution in [2.75, 3.05) is 0 Å². The Morgan fingerprint density at radius 1 is 1.27 bits per heavy atom. The molecule has 0 fully saturated rings. The number of benzene rings is 1. The molecule has 0 aliphatic carbocycles. The maximum atomic E-state index is 9.55. The van der Waals surface area contributed by atoms with Crippen LogP contribution >= 0.6 is 15.9 Å². The Kier molecular flexibility index (Phi) is 3.09. The van der Waals surface area contributed by atoms with E-state index in [2.05, 4.69) is 15.9 Å². The zero-order valence-corrected chi connectivity index (χ0v) is 7.95. The molecule has 2 atom stereocenters. The second-order valence-electron chi connectivity index (χ2n) is 2.53. The summed E-state index contributed by atoms with van der Waals surface area (Å²) in [5.41, 5.74) is 0.955. The van der Waals surface area contributed by atoms with Gasteiger partial charge >= 0.3 is 0 Å². The second kappa shape index (κ2) is 3.88. The van der Waals surface area contributed by atoms with E-state index in [-0.39, 0.29) is 4.83 Å². The third-order valence-electron chi connectivity index (χ3n) is 1.58. The summed E-state index contributed by atoms with van der Waals surface area (Å²) in [5, 5.41) is 9.55. The van der Waals surface area contributed by atoms with Gasteiger partial charge in [0.2, 0.25) is 0 Å². The zero-order valence-electron chi connectivity index (χ0n) is 6.37. The minimum Gasteiger partial charge on any atom is -0.387 e. The maximum absolute atomic E-state index is 9.55. The van der Waals surface area contributed by atoms with Crippen molar-refractivity contribution in [2.45, 2.75) is 17.9 Å². The van der Waals surface area contributed by atoms with E-state index in [0.29, 0.717) is 0 Å². The summed E-state index contributed by atoms with van der Waals surface area (Å²) in [6.45, 7) is 1.93. The molecule has 1 N–H and O–H groups in total. The molecule has 0 saturated carbocycles. The minimum absolute atomic E-state index is 0.102. The largest absolute Gasteiger partial charge is 0.387 e. The quantitative estimate of drug-likeness (QED) is 0.751. The van der Waals surface area contributed by atoms with Crippen LogP contribution in [-0.2, 0) is 0 Å². The highest BCUT2D eigenvalue weighted by Crippen LogP contribution is 2.20. The summed E-state index contributed by atoms with van der Waals surface area (Å²) in [6.07, 6.45) is -0.406. The van der Waals surface area contributed by atoms with Crippen molar-refractivity contribution >= 4 is 15.9 Å². The van der Waals surface area contributed by atoms with Gasteiger partial charge in [0.15, 0.2) is 0 Å². The molecule has 0 radical (unpaired) electrons. The summed E-state index contributed by atoms with van der Waals surface area (Å²) in [4.78, 5) is 0.102. The Morgan fingerprint density at radius 2 is 1.82 bits per heavy atom. The van der Waals surface area contributed by atoms with Gasteiger partial charge in [-0.05, 0) is 12.5 Å². The highest BCUT2D eigenvalue weighted by molar-refractivity contribution is 9.09. The summed E-state index contributed by atoms with van der Waals surface area (Å²) < 4.78 is 0. The number of rotatable bonds is 2. The Balaban J connectivity index is 2.77. The molecule has 1 aromatic rings. The lowest BCUT2D eigenvalue weighted by atomic mass is 10.1. The van der Waals surface area contributed by atoms with E-state index in [9.17, 15) is 5.11 Å². The van der Waals surface area contributed by atoms with Gasteiger partial charge in [0.05, 0.1) is 6.10 Å². The summed E-state index contributed by atoms with van der Waals surface area (Å²) in [5.74, 6) is 0. The molecular formula is C9H11BrO. The number of hydrogen-bond acceptors (Lipinski definition) is 1. The van der Waals surface area contributed by atoms with Crippen molar-refractivity contribution in [3.8, 4) is 0 Å². The van der Waals surface area contributed by atoms with E-state index in [1.165, 1.54) is 0 Å². The minimum atomic E-state index is -0.406. The van der Waals surface area contributed by atoms with E-state index in [1.807, 2.05) is 37.3 Å². The third-order valence-corrected chi connectivity index (χ3v) is 2.08. The molecule has 1 aromatic carbocycles. The van der Waals surface area contributed by atoms with Gasteiger partial charge < -0.3 is 5.11 Å². The molecule has 0 aromatic heterocycles. The van der Waals surface area contributed by atoms with Crippen molar-refractivity contribution in [1.29, 1.82) is 0 Å². The van der Waals surface area contributed by atoms with Crippen molar-refractivity contribution in [3.63, 3.8) is 0 Å². The van der Waals surface area contributed by atoms with Crippen LogP contribution in [0.4, 0.5) is 0 Å². The fourth-order valence-corrected chi connectivity index (χ4v) is 1.22. The van der Waals surface area contributed by atoms with Crippen LogP contribution in [0.5, 0.6) is 0 Å². The first-order chi connectivity index (χ1) is 5.22. The number of alkyl halides is 1. The average molecular weight is 215 g/mol. The van der Waals surface area contributed by atoms with Crippen molar-refractivity contribution in [1.82, 2.24) is 0 Å². The van der Waals surface area contributed by atoms with Gasteiger partial charge in [0.1, 0.15) is 0 Å². The zero-order chi connectivity index (χ0) is 8.27. The van der Waals surface area contributed by atoms with E-state index in [0.717, 1.165) is 5.56 Å². The van der Waals surface area contributed by atoms with E-state index < -0.39 is 6.10 Å². The van der Waals surface area contributed by atoms with E-state index in [1.54, 1.807) is 0 Å². The number of hydrogen-bond donors (Lipinski definition) is 1. The van der Waals surface area contributed by atoms with Crippen LogP contribution in [0.1, 0.15) is 18.6 Å². The first kappa shape index (κ1) is 8.75. The summed E-state index contributed by atoms with van der Waals surface area (Å²) >= 11 is 3.33. The molecule has 0 bridgehead atoms. The third kappa shape index (κ3) is 2.31. The molecule has 0 spiro atoms. The van der Waals surface area contributed by atoms with Crippen LogP contribution in [0.3, 0.4) is 0 Å². The van der Waals surface area contributed by atoms with Crippen LogP contribution in [0.2, 0.25) is 0 Å². The summed E-state index contributed by atoms with van der Waals surface area (Å²) in [6, 6.07) is 9.63. The van der Waals surface area contributed by atoms with Gasteiger partial charge in [-0.15, -0.1) is 0 Å². The average Bonchev–Trinajstić information content (AvgIpc) is 2.05. The lowest BCUT2D eigenvalue weighted by molar-refractivity contribution is 0.181. The van der Waals surface area contributed by atoms with Crippen LogP contribution in [0.15, 0.2) is 30.3 Å². The Hall–Kier alpha value is -0.340. The normalized spacial score (nSPS) is 15.9. The molecule has 0 aliphatic rings. The van der Waals surface area contributed by atoms with E-state index >= 15 is 0 Å². The molecule has 0 heterocycles. The standard InChI is InChI=1S/C9H11BrO/c1-7(10)9(11)8-5-3-2-4-6-8/h2-7,9,11H,1H3/t7?,9-/m1/s1. The van der Waals surface area contributed by atoms with Gasteiger partial charge in [0, 0.05) is 4.83 Å².